The fourth-order valence-electron chi connectivity index (χ4n) is 1.53. The molecule has 0 N–H and O–H groups in total. The minimum absolute atomic E-state index is 0.483. The van der Waals surface area contributed by atoms with E-state index in [2.05, 4.69) is 25.9 Å². The third-order valence-electron chi connectivity index (χ3n) is 2.32. The van der Waals surface area contributed by atoms with E-state index in [4.69, 9.17) is 9.47 Å². The SMILES string of the molecule is COc1cc(C)ccc1Oc1cc(Br)nc(C)n1. The van der Waals surface area contributed by atoms with E-state index in [1.165, 1.54) is 0 Å². The van der Waals surface area contributed by atoms with Gasteiger partial charge in [-0.2, -0.15) is 4.98 Å². The van der Waals surface area contributed by atoms with Crippen LogP contribution < -0.4 is 9.47 Å². The van der Waals surface area contributed by atoms with Gasteiger partial charge in [0.25, 0.3) is 0 Å². The van der Waals surface area contributed by atoms with Gasteiger partial charge in [0.05, 0.1) is 7.11 Å². The van der Waals surface area contributed by atoms with Gasteiger partial charge in [0.2, 0.25) is 5.88 Å². The highest BCUT2D eigenvalue weighted by atomic mass is 79.9. The second-order valence-corrected chi connectivity index (χ2v) is 4.64. The van der Waals surface area contributed by atoms with E-state index in [0.717, 1.165) is 5.56 Å². The average Bonchev–Trinajstić information content (AvgIpc) is 2.30. The van der Waals surface area contributed by atoms with Crippen molar-refractivity contribution in [1.29, 1.82) is 0 Å². The normalized spacial score (nSPS) is 10.2. The maximum Gasteiger partial charge on any atom is 0.223 e. The number of methoxy groups -OCH3 is 1. The van der Waals surface area contributed by atoms with Crippen LogP contribution in [-0.2, 0) is 0 Å². The van der Waals surface area contributed by atoms with E-state index in [1.807, 2.05) is 32.0 Å². The monoisotopic (exact) mass is 308 g/mol. The summed E-state index contributed by atoms with van der Waals surface area (Å²) in [5, 5.41) is 0. The molecule has 94 valence electrons. The molecular weight excluding hydrogens is 296 g/mol. The Hall–Kier alpha value is -1.62. The van der Waals surface area contributed by atoms with Crippen LogP contribution >= 0.6 is 15.9 Å². The molecule has 2 aromatic rings. The van der Waals surface area contributed by atoms with Gasteiger partial charge in [-0.05, 0) is 47.5 Å². The molecule has 0 spiro atoms. The molecule has 0 amide bonds. The van der Waals surface area contributed by atoms with Crippen molar-refractivity contribution in [2.75, 3.05) is 7.11 Å². The summed E-state index contributed by atoms with van der Waals surface area (Å²) in [4.78, 5) is 8.34. The quantitative estimate of drug-likeness (QED) is 0.812. The van der Waals surface area contributed by atoms with Gasteiger partial charge in [-0.1, -0.05) is 6.07 Å². The van der Waals surface area contributed by atoms with E-state index in [0.29, 0.717) is 27.8 Å². The van der Waals surface area contributed by atoms with Crippen LogP contribution in [0.5, 0.6) is 17.4 Å². The van der Waals surface area contributed by atoms with E-state index in [-0.39, 0.29) is 0 Å². The minimum atomic E-state index is 0.483. The first-order chi connectivity index (χ1) is 8.58. The summed E-state index contributed by atoms with van der Waals surface area (Å²) >= 11 is 3.31. The van der Waals surface area contributed by atoms with Crippen LogP contribution in [0.25, 0.3) is 0 Å². The highest BCUT2D eigenvalue weighted by molar-refractivity contribution is 9.10. The summed E-state index contributed by atoms with van der Waals surface area (Å²) in [6.45, 7) is 3.81. The van der Waals surface area contributed by atoms with Gasteiger partial charge in [0.15, 0.2) is 11.5 Å². The molecule has 1 aromatic carbocycles. The molecule has 0 aliphatic rings. The number of benzene rings is 1. The zero-order valence-electron chi connectivity index (χ0n) is 10.4. The lowest BCUT2D eigenvalue weighted by Crippen LogP contribution is -1.95. The Bertz CT molecular complexity index is 553. The zero-order valence-corrected chi connectivity index (χ0v) is 12.0. The number of rotatable bonds is 3. The summed E-state index contributed by atoms with van der Waals surface area (Å²) in [6.07, 6.45) is 0. The maximum absolute atomic E-state index is 5.71. The molecule has 5 heteroatoms. The number of hydrogen-bond acceptors (Lipinski definition) is 4. The van der Waals surface area contributed by atoms with Gasteiger partial charge in [0.1, 0.15) is 10.4 Å². The summed E-state index contributed by atoms with van der Waals surface area (Å²) in [7, 11) is 1.61. The molecule has 18 heavy (non-hydrogen) atoms. The molecule has 0 bridgehead atoms. The van der Waals surface area contributed by atoms with E-state index in [9.17, 15) is 0 Å². The van der Waals surface area contributed by atoms with Gasteiger partial charge < -0.3 is 9.47 Å². The molecule has 0 atom stereocenters. The summed E-state index contributed by atoms with van der Waals surface area (Å²) in [5.74, 6) is 2.44. The van der Waals surface area contributed by atoms with Crippen molar-refractivity contribution in [2.45, 2.75) is 13.8 Å². The number of hydrogen-bond donors (Lipinski definition) is 0. The molecule has 0 saturated carbocycles. The second kappa shape index (κ2) is 5.35. The first-order valence-corrected chi connectivity index (χ1v) is 6.21. The fourth-order valence-corrected chi connectivity index (χ4v) is 1.98. The predicted molar refractivity (Wildman–Crippen MR) is 72.3 cm³/mol. The molecule has 0 fully saturated rings. The second-order valence-electron chi connectivity index (χ2n) is 3.83. The Morgan fingerprint density at radius 1 is 1.06 bits per heavy atom. The van der Waals surface area contributed by atoms with Crippen molar-refractivity contribution in [3.8, 4) is 17.4 Å². The molecule has 2 rings (SSSR count). The van der Waals surface area contributed by atoms with Gasteiger partial charge in [0, 0.05) is 6.07 Å². The predicted octanol–water partition coefficient (Wildman–Crippen LogP) is 3.66. The number of aromatic nitrogens is 2. The van der Waals surface area contributed by atoms with Gasteiger partial charge in [-0.15, -0.1) is 0 Å². The molecule has 0 radical (unpaired) electrons. The van der Waals surface area contributed by atoms with Crippen molar-refractivity contribution in [2.24, 2.45) is 0 Å². The van der Waals surface area contributed by atoms with Crippen molar-refractivity contribution in [1.82, 2.24) is 9.97 Å². The highest BCUT2D eigenvalue weighted by Crippen LogP contribution is 2.31. The van der Waals surface area contributed by atoms with Gasteiger partial charge in [-0.3, -0.25) is 0 Å². The Kier molecular flexibility index (Phi) is 3.81. The molecule has 1 heterocycles. The van der Waals surface area contributed by atoms with Crippen molar-refractivity contribution in [3.63, 3.8) is 0 Å². The lowest BCUT2D eigenvalue weighted by Gasteiger charge is -2.10. The lowest BCUT2D eigenvalue weighted by atomic mass is 10.2. The van der Waals surface area contributed by atoms with Crippen LogP contribution in [0.15, 0.2) is 28.9 Å². The van der Waals surface area contributed by atoms with E-state index in [1.54, 1.807) is 13.2 Å². The number of halogens is 1. The van der Waals surface area contributed by atoms with Gasteiger partial charge >= 0.3 is 0 Å². The smallest absolute Gasteiger partial charge is 0.223 e. The average molecular weight is 309 g/mol. The fraction of sp³-hybridized carbons (Fsp3) is 0.231. The van der Waals surface area contributed by atoms with Crippen LogP contribution in [0.1, 0.15) is 11.4 Å². The third-order valence-corrected chi connectivity index (χ3v) is 2.72. The molecule has 0 unspecified atom stereocenters. The Morgan fingerprint density at radius 3 is 2.50 bits per heavy atom. The Balaban J connectivity index is 2.33. The standard InChI is InChI=1S/C13H13BrN2O2/c1-8-4-5-10(11(6-8)17-3)18-13-7-12(14)15-9(2)16-13/h4-7H,1-3H3. The van der Waals surface area contributed by atoms with Crippen LogP contribution in [0.4, 0.5) is 0 Å². The number of ether oxygens (including phenoxy) is 2. The zero-order chi connectivity index (χ0) is 13.1. The van der Waals surface area contributed by atoms with Crippen LogP contribution in [0, 0.1) is 13.8 Å². The first kappa shape index (κ1) is 12.8. The minimum Gasteiger partial charge on any atom is -0.493 e. The van der Waals surface area contributed by atoms with Crippen molar-refractivity contribution >= 4 is 15.9 Å². The largest absolute Gasteiger partial charge is 0.493 e. The maximum atomic E-state index is 5.71. The third kappa shape index (κ3) is 2.98. The molecule has 0 aliphatic carbocycles. The Labute approximate surface area is 114 Å². The number of aryl methyl sites for hydroxylation is 2. The van der Waals surface area contributed by atoms with Crippen molar-refractivity contribution in [3.05, 3.63) is 40.3 Å². The number of nitrogens with zero attached hydrogens (tertiary/aromatic N) is 2. The summed E-state index contributed by atoms with van der Waals surface area (Å²) in [5.41, 5.74) is 1.11. The van der Waals surface area contributed by atoms with E-state index >= 15 is 0 Å². The molecule has 4 nitrogen and oxygen atoms in total. The first-order valence-electron chi connectivity index (χ1n) is 5.42. The van der Waals surface area contributed by atoms with Crippen LogP contribution in [0.2, 0.25) is 0 Å². The van der Waals surface area contributed by atoms with Crippen molar-refractivity contribution < 1.29 is 9.47 Å². The molecule has 0 saturated heterocycles. The highest BCUT2D eigenvalue weighted by Gasteiger charge is 2.08. The lowest BCUT2D eigenvalue weighted by molar-refractivity contribution is 0.373. The van der Waals surface area contributed by atoms with Crippen LogP contribution in [-0.4, -0.2) is 17.1 Å². The summed E-state index contributed by atoms with van der Waals surface area (Å²) < 4.78 is 11.7. The van der Waals surface area contributed by atoms with E-state index < -0.39 is 0 Å². The topological polar surface area (TPSA) is 44.2 Å². The molecule has 1 aromatic heterocycles. The van der Waals surface area contributed by atoms with Gasteiger partial charge in [-0.25, -0.2) is 4.98 Å². The van der Waals surface area contributed by atoms with Crippen LogP contribution in [0.3, 0.4) is 0 Å². The molecule has 0 aliphatic heterocycles. The summed E-state index contributed by atoms with van der Waals surface area (Å²) in [6, 6.07) is 7.45. The molecular formula is C13H13BrN2O2. The Morgan fingerprint density at radius 2 is 1.83 bits per heavy atom.